The van der Waals surface area contributed by atoms with Crippen molar-refractivity contribution in [3.8, 4) is 5.75 Å². The van der Waals surface area contributed by atoms with E-state index in [1.807, 2.05) is 6.20 Å². The molecule has 0 spiro atoms. The number of rotatable bonds is 3. The van der Waals surface area contributed by atoms with Gasteiger partial charge in [-0.1, -0.05) is 19.3 Å². The van der Waals surface area contributed by atoms with Crippen LogP contribution in [0.25, 0.3) is 0 Å². The molecule has 19 heavy (non-hydrogen) atoms. The summed E-state index contributed by atoms with van der Waals surface area (Å²) in [6, 6.07) is 0.593. The van der Waals surface area contributed by atoms with Crippen LogP contribution in [-0.2, 0) is 0 Å². The molecular formula is C15H25N3O. The fraction of sp³-hybridized carbons (Fsp3) is 0.800. The van der Waals surface area contributed by atoms with Gasteiger partial charge in [-0.05, 0) is 39.2 Å². The Hall–Kier alpha value is -1.03. The lowest BCUT2D eigenvalue weighted by Crippen LogP contribution is -2.40. The molecule has 1 unspecified atom stereocenters. The van der Waals surface area contributed by atoms with Gasteiger partial charge in [0.25, 0.3) is 0 Å². The minimum absolute atomic E-state index is 0.234. The highest BCUT2D eigenvalue weighted by Gasteiger charge is 2.22. The molecule has 1 aliphatic heterocycles. The van der Waals surface area contributed by atoms with E-state index in [1.54, 1.807) is 0 Å². The third-order valence-corrected chi connectivity index (χ3v) is 4.50. The van der Waals surface area contributed by atoms with Crippen LogP contribution in [0.5, 0.6) is 5.75 Å². The Labute approximate surface area is 115 Å². The molecule has 1 aromatic heterocycles. The fourth-order valence-corrected chi connectivity index (χ4v) is 3.28. The zero-order valence-corrected chi connectivity index (χ0v) is 11.9. The third kappa shape index (κ3) is 3.11. The van der Waals surface area contributed by atoms with Crippen molar-refractivity contribution in [1.29, 1.82) is 0 Å². The minimum atomic E-state index is 0.234. The summed E-state index contributed by atoms with van der Waals surface area (Å²) in [6.45, 7) is 1.14. The minimum Gasteiger partial charge on any atom is -0.472 e. The Morgan fingerprint density at radius 2 is 1.89 bits per heavy atom. The fourth-order valence-electron chi connectivity index (χ4n) is 3.28. The number of likely N-dealkylation sites (tertiary alicyclic amines) is 1. The largest absolute Gasteiger partial charge is 0.472 e. The molecule has 0 N–H and O–H groups in total. The molecule has 2 fully saturated rings. The van der Waals surface area contributed by atoms with Crippen LogP contribution < -0.4 is 4.74 Å². The highest BCUT2D eigenvalue weighted by atomic mass is 16.5. The number of hydrogen-bond donors (Lipinski definition) is 0. The summed E-state index contributed by atoms with van der Waals surface area (Å²) in [5.74, 6) is 0.935. The van der Waals surface area contributed by atoms with Crippen LogP contribution in [0.2, 0.25) is 0 Å². The van der Waals surface area contributed by atoms with Gasteiger partial charge in [-0.25, -0.2) is 0 Å². The van der Waals surface area contributed by atoms with Crippen molar-refractivity contribution in [2.75, 3.05) is 13.6 Å². The van der Waals surface area contributed by atoms with Gasteiger partial charge in [0.05, 0.1) is 18.4 Å². The molecule has 1 saturated carbocycles. The van der Waals surface area contributed by atoms with Crippen LogP contribution in [0, 0.1) is 0 Å². The summed E-state index contributed by atoms with van der Waals surface area (Å²) in [6.07, 6.45) is 14.5. The van der Waals surface area contributed by atoms with Crippen LogP contribution in [0.15, 0.2) is 12.4 Å². The maximum absolute atomic E-state index is 6.08. The molecule has 1 saturated heterocycles. The quantitative estimate of drug-likeness (QED) is 0.839. The molecule has 0 bridgehead atoms. The molecule has 4 heteroatoms. The molecule has 0 aromatic carbocycles. The van der Waals surface area contributed by atoms with Gasteiger partial charge >= 0.3 is 0 Å². The number of nitrogens with zero attached hydrogens (tertiary/aromatic N) is 3. The summed E-state index contributed by atoms with van der Waals surface area (Å²) >= 11 is 0. The Balaban J connectivity index is 1.60. The van der Waals surface area contributed by atoms with Gasteiger partial charge in [-0.3, -0.25) is 9.58 Å². The summed E-state index contributed by atoms with van der Waals surface area (Å²) in [5, 5.41) is 4.50. The lowest BCUT2D eigenvalue weighted by atomic mass is 9.96. The van der Waals surface area contributed by atoms with Gasteiger partial charge < -0.3 is 4.74 Å². The van der Waals surface area contributed by atoms with Gasteiger partial charge in [0.2, 0.25) is 0 Å². The third-order valence-electron chi connectivity index (χ3n) is 4.50. The predicted molar refractivity (Wildman–Crippen MR) is 75.2 cm³/mol. The van der Waals surface area contributed by atoms with Gasteiger partial charge in [-0.2, -0.15) is 5.10 Å². The molecule has 1 atom stereocenters. The first-order valence-corrected chi connectivity index (χ1v) is 7.74. The molecule has 2 heterocycles. The summed E-state index contributed by atoms with van der Waals surface area (Å²) < 4.78 is 8.20. The normalized spacial score (nSPS) is 26.5. The second-order valence-corrected chi connectivity index (χ2v) is 6.00. The van der Waals surface area contributed by atoms with E-state index in [9.17, 15) is 0 Å². The van der Waals surface area contributed by atoms with Crippen molar-refractivity contribution in [2.45, 2.75) is 63.6 Å². The van der Waals surface area contributed by atoms with E-state index < -0.39 is 0 Å². The molecule has 0 radical (unpaired) electrons. The van der Waals surface area contributed by atoms with E-state index in [0.29, 0.717) is 6.04 Å². The molecule has 1 aliphatic carbocycles. The maximum atomic E-state index is 6.08. The molecule has 2 aliphatic rings. The van der Waals surface area contributed by atoms with Crippen LogP contribution >= 0.6 is 0 Å². The molecule has 4 nitrogen and oxygen atoms in total. The first kappa shape index (κ1) is 13.0. The van der Waals surface area contributed by atoms with Gasteiger partial charge in [0.1, 0.15) is 0 Å². The molecule has 106 valence electrons. The topological polar surface area (TPSA) is 30.3 Å². The van der Waals surface area contributed by atoms with E-state index in [0.717, 1.165) is 18.7 Å². The van der Waals surface area contributed by atoms with Crippen LogP contribution in [-0.4, -0.2) is 34.5 Å². The second-order valence-electron chi connectivity index (χ2n) is 6.00. The average Bonchev–Trinajstić information content (AvgIpc) is 2.91. The van der Waals surface area contributed by atoms with E-state index in [2.05, 4.69) is 27.9 Å². The van der Waals surface area contributed by atoms with Gasteiger partial charge in [0, 0.05) is 6.54 Å². The lowest BCUT2D eigenvalue weighted by Gasteiger charge is -2.32. The zero-order chi connectivity index (χ0) is 13.1. The zero-order valence-electron chi connectivity index (χ0n) is 11.9. The average molecular weight is 263 g/mol. The molecule has 1 aromatic rings. The van der Waals surface area contributed by atoms with E-state index in [-0.39, 0.29) is 6.23 Å². The summed E-state index contributed by atoms with van der Waals surface area (Å²) in [7, 11) is 2.15. The van der Waals surface area contributed by atoms with E-state index >= 15 is 0 Å². The van der Waals surface area contributed by atoms with Crippen molar-refractivity contribution >= 4 is 0 Å². The maximum Gasteiger partial charge on any atom is 0.159 e. The summed E-state index contributed by atoms with van der Waals surface area (Å²) in [4.78, 5) is 2.31. The number of ether oxygens (including phenoxy) is 1. The number of piperidine rings is 1. The first-order valence-electron chi connectivity index (χ1n) is 7.74. The molecular weight excluding hydrogens is 238 g/mol. The SMILES string of the molecule is CN1CCCCC1Oc1cnn(C2CCCCC2)c1. The van der Waals surface area contributed by atoms with Crippen LogP contribution in [0.3, 0.4) is 0 Å². The van der Waals surface area contributed by atoms with Gasteiger partial charge in [0.15, 0.2) is 12.0 Å². The van der Waals surface area contributed by atoms with Gasteiger partial charge in [-0.15, -0.1) is 0 Å². The van der Waals surface area contributed by atoms with Crippen molar-refractivity contribution in [2.24, 2.45) is 0 Å². The number of aromatic nitrogens is 2. The Bertz CT molecular complexity index is 398. The standard InChI is InChI=1S/C15H25N3O/c1-17-10-6-5-9-15(17)19-14-11-16-18(12-14)13-7-3-2-4-8-13/h11-13,15H,2-10H2,1H3. The summed E-state index contributed by atoms with van der Waals surface area (Å²) in [5.41, 5.74) is 0. The Kier molecular flexibility index (Phi) is 4.06. The van der Waals surface area contributed by atoms with Crippen LogP contribution in [0.4, 0.5) is 0 Å². The van der Waals surface area contributed by atoms with Crippen molar-refractivity contribution in [3.63, 3.8) is 0 Å². The highest BCUT2D eigenvalue weighted by molar-refractivity contribution is 5.13. The van der Waals surface area contributed by atoms with Crippen molar-refractivity contribution in [1.82, 2.24) is 14.7 Å². The van der Waals surface area contributed by atoms with E-state index in [1.165, 1.54) is 44.9 Å². The van der Waals surface area contributed by atoms with Crippen molar-refractivity contribution < 1.29 is 4.74 Å². The first-order chi connectivity index (χ1) is 9.33. The Morgan fingerprint density at radius 3 is 2.68 bits per heavy atom. The monoisotopic (exact) mass is 263 g/mol. The highest BCUT2D eigenvalue weighted by Crippen LogP contribution is 2.29. The Morgan fingerprint density at radius 1 is 1.11 bits per heavy atom. The van der Waals surface area contributed by atoms with Crippen LogP contribution in [0.1, 0.15) is 57.4 Å². The smallest absolute Gasteiger partial charge is 0.159 e. The molecule has 0 amide bonds. The molecule has 3 rings (SSSR count). The lowest BCUT2D eigenvalue weighted by molar-refractivity contribution is 0.0149. The van der Waals surface area contributed by atoms with E-state index in [4.69, 9.17) is 4.74 Å². The second kappa shape index (κ2) is 5.95. The predicted octanol–water partition coefficient (Wildman–Crippen LogP) is 3.21. The van der Waals surface area contributed by atoms with Crippen molar-refractivity contribution in [3.05, 3.63) is 12.4 Å². The number of hydrogen-bond acceptors (Lipinski definition) is 3.